The van der Waals surface area contributed by atoms with Crippen LogP contribution in [-0.2, 0) is 10.2 Å². The zero-order valence-electron chi connectivity index (χ0n) is 17.5. The molecule has 3 N–H and O–H groups in total. The van der Waals surface area contributed by atoms with E-state index in [0.29, 0.717) is 18.2 Å². The van der Waals surface area contributed by atoms with Gasteiger partial charge in [0.05, 0.1) is 16.8 Å². The third-order valence-electron chi connectivity index (χ3n) is 8.53. The van der Waals surface area contributed by atoms with Crippen molar-refractivity contribution in [2.45, 2.75) is 55.1 Å². The van der Waals surface area contributed by atoms with Crippen molar-refractivity contribution in [3.8, 4) is 0 Å². The number of fused-ring (bicyclic) bond motifs is 8. The van der Waals surface area contributed by atoms with Gasteiger partial charge in [0, 0.05) is 40.1 Å². The van der Waals surface area contributed by atoms with Gasteiger partial charge in [0.15, 0.2) is 0 Å². The monoisotopic (exact) mass is 416 g/mol. The molecule has 1 aromatic heterocycles. The number of rotatable bonds is 2. The van der Waals surface area contributed by atoms with Crippen LogP contribution in [0.15, 0.2) is 48.5 Å². The van der Waals surface area contributed by atoms with Crippen molar-refractivity contribution >= 4 is 28.4 Å². The maximum atomic E-state index is 3.96. The lowest BCUT2D eigenvalue weighted by molar-refractivity contribution is 0.118. The lowest BCUT2D eigenvalue weighted by Crippen LogP contribution is -2.52. The number of thioether (sulfide) groups is 1. The van der Waals surface area contributed by atoms with E-state index in [0.717, 1.165) is 12.4 Å². The Labute approximate surface area is 181 Å². The summed E-state index contributed by atoms with van der Waals surface area (Å²) in [5.74, 6) is 1.02. The molecular weight excluding hydrogens is 388 g/mol. The van der Waals surface area contributed by atoms with Crippen molar-refractivity contribution in [1.29, 1.82) is 0 Å². The summed E-state index contributed by atoms with van der Waals surface area (Å²) in [7, 11) is 0. The lowest BCUT2D eigenvalue weighted by atomic mass is 9.70. The predicted molar refractivity (Wildman–Crippen MR) is 125 cm³/mol. The van der Waals surface area contributed by atoms with Gasteiger partial charge < -0.3 is 15.6 Å². The molecule has 4 unspecified atom stereocenters. The number of aromatic amines is 1. The number of hydrogen-bond donors (Lipinski definition) is 3. The van der Waals surface area contributed by atoms with E-state index < -0.39 is 0 Å². The topological polar surface area (TPSA) is 43.1 Å². The maximum absolute atomic E-state index is 3.96. The number of para-hydroxylation sites is 2. The highest BCUT2D eigenvalue weighted by atomic mass is 32.2. The van der Waals surface area contributed by atoms with Crippen LogP contribution in [-0.4, -0.2) is 34.5 Å². The van der Waals surface area contributed by atoms with Gasteiger partial charge in [-0.15, -0.1) is 11.8 Å². The van der Waals surface area contributed by atoms with E-state index in [4.69, 9.17) is 0 Å². The third kappa shape index (κ3) is 1.85. The average molecular weight is 417 g/mol. The smallest absolute Gasteiger partial charge is 0.101 e. The van der Waals surface area contributed by atoms with Gasteiger partial charge in [-0.2, -0.15) is 0 Å². The zero-order valence-corrected chi connectivity index (χ0v) is 18.4. The summed E-state index contributed by atoms with van der Waals surface area (Å²) in [5.41, 5.74) is 7.34. The molecule has 4 aliphatic rings. The Bertz CT molecular complexity index is 1160. The second kappa shape index (κ2) is 5.84. The molecular formula is C25H28N4S. The molecule has 1 spiro atoms. The summed E-state index contributed by atoms with van der Waals surface area (Å²) in [5, 5.41) is 9.32. The molecule has 0 aliphatic carbocycles. The van der Waals surface area contributed by atoms with E-state index in [-0.39, 0.29) is 10.2 Å². The van der Waals surface area contributed by atoms with Crippen molar-refractivity contribution in [1.82, 2.24) is 15.2 Å². The predicted octanol–water partition coefficient (Wildman–Crippen LogP) is 4.91. The minimum Gasteiger partial charge on any atom is -0.368 e. The van der Waals surface area contributed by atoms with Crippen LogP contribution in [0.3, 0.4) is 0 Å². The van der Waals surface area contributed by atoms with Gasteiger partial charge in [-0.3, -0.25) is 4.90 Å². The Balaban J connectivity index is 1.50. The number of aromatic nitrogens is 1. The second-order valence-corrected chi connectivity index (χ2v) is 10.7. The quantitative estimate of drug-likeness (QED) is 0.556. The van der Waals surface area contributed by atoms with Gasteiger partial charge in [-0.1, -0.05) is 50.2 Å². The molecule has 5 heteroatoms. The molecule has 0 saturated carbocycles. The molecule has 2 aromatic carbocycles. The summed E-state index contributed by atoms with van der Waals surface area (Å²) in [6.45, 7) is 5.88. The molecule has 30 heavy (non-hydrogen) atoms. The highest BCUT2D eigenvalue weighted by Crippen LogP contribution is 2.65. The number of benzene rings is 2. The number of nitrogens with one attached hydrogen (secondary N) is 3. The number of hydrogen-bond acceptors (Lipinski definition) is 4. The molecule has 4 nitrogen and oxygen atoms in total. The Morgan fingerprint density at radius 2 is 1.87 bits per heavy atom. The molecule has 0 radical (unpaired) electrons. The zero-order chi connectivity index (χ0) is 20.1. The van der Waals surface area contributed by atoms with Crippen LogP contribution in [0.1, 0.15) is 49.6 Å². The fourth-order valence-electron chi connectivity index (χ4n) is 7.10. The van der Waals surface area contributed by atoms with Crippen molar-refractivity contribution in [2.75, 3.05) is 17.7 Å². The molecule has 2 fully saturated rings. The molecule has 3 aromatic rings. The standard InChI is InChI=1S/C25H28N4S/c1-3-24(4-2)13-29-21(20-19(24)15-9-5-7-11-17(15)27-20)22-25(30-14-26-22)16-10-6-8-12-18(16)28-23(25)29/h5-12,21-23,26-28H,3-4,13-14H2,1-2H3. The Morgan fingerprint density at radius 3 is 2.73 bits per heavy atom. The van der Waals surface area contributed by atoms with Gasteiger partial charge >= 0.3 is 0 Å². The van der Waals surface area contributed by atoms with Gasteiger partial charge in [-0.05, 0) is 36.1 Å². The van der Waals surface area contributed by atoms with Crippen LogP contribution in [0.4, 0.5) is 5.69 Å². The van der Waals surface area contributed by atoms with Crippen LogP contribution in [0.2, 0.25) is 0 Å². The largest absolute Gasteiger partial charge is 0.368 e. The Hall–Kier alpha value is -1.95. The molecule has 154 valence electrons. The number of H-pyrrole nitrogens is 1. The van der Waals surface area contributed by atoms with E-state index in [2.05, 4.69) is 94.7 Å². The average Bonchev–Trinajstić information content (AvgIpc) is 3.51. The van der Waals surface area contributed by atoms with Crippen LogP contribution in [0.5, 0.6) is 0 Å². The van der Waals surface area contributed by atoms with E-state index in [1.165, 1.54) is 40.7 Å². The molecule has 0 bridgehead atoms. The Morgan fingerprint density at radius 1 is 1.07 bits per heavy atom. The first-order valence-electron chi connectivity index (χ1n) is 11.3. The van der Waals surface area contributed by atoms with Crippen LogP contribution >= 0.6 is 11.8 Å². The molecule has 2 saturated heterocycles. The van der Waals surface area contributed by atoms with Crippen LogP contribution in [0, 0.1) is 0 Å². The van der Waals surface area contributed by atoms with Gasteiger partial charge in [0.2, 0.25) is 0 Å². The maximum Gasteiger partial charge on any atom is 0.101 e. The molecule has 4 aliphatic heterocycles. The van der Waals surface area contributed by atoms with Crippen molar-refractivity contribution < 1.29 is 0 Å². The first kappa shape index (κ1) is 17.7. The fourth-order valence-corrected chi connectivity index (χ4v) is 8.68. The minimum absolute atomic E-state index is 0.0768. The summed E-state index contributed by atoms with van der Waals surface area (Å²) < 4.78 is 0.0768. The number of nitrogens with zero attached hydrogens (tertiary/aromatic N) is 1. The minimum atomic E-state index is 0.0768. The fraction of sp³-hybridized carbons (Fsp3) is 0.440. The molecule has 0 amide bonds. The van der Waals surface area contributed by atoms with Crippen LogP contribution < -0.4 is 10.6 Å². The number of anilines is 1. The van der Waals surface area contributed by atoms with E-state index in [1.54, 1.807) is 5.56 Å². The molecule has 7 rings (SSSR count). The van der Waals surface area contributed by atoms with Gasteiger partial charge in [-0.25, -0.2) is 0 Å². The van der Waals surface area contributed by atoms with Gasteiger partial charge in [0.1, 0.15) is 6.17 Å². The second-order valence-electron chi connectivity index (χ2n) is 9.42. The lowest BCUT2D eigenvalue weighted by Gasteiger charge is -2.46. The van der Waals surface area contributed by atoms with E-state index >= 15 is 0 Å². The summed E-state index contributed by atoms with van der Waals surface area (Å²) >= 11 is 2.11. The van der Waals surface area contributed by atoms with Crippen molar-refractivity contribution in [3.05, 3.63) is 65.4 Å². The first-order chi connectivity index (χ1) is 14.7. The van der Waals surface area contributed by atoms with E-state index in [1.807, 2.05) is 0 Å². The molecule has 4 atom stereocenters. The van der Waals surface area contributed by atoms with Crippen LogP contribution in [0.25, 0.3) is 10.9 Å². The molecule has 5 heterocycles. The summed E-state index contributed by atoms with van der Waals surface area (Å²) in [6.07, 6.45) is 2.67. The summed E-state index contributed by atoms with van der Waals surface area (Å²) in [4.78, 5) is 6.71. The third-order valence-corrected chi connectivity index (χ3v) is 10.0. The normalized spacial score (nSPS) is 32.9. The van der Waals surface area contributed by atoms with Crippen molar-refractivity contribution in [3.63, 3.8) is 0 Å². The highest BCUT2D eigenvalue weighted by molar-refractivity contribution is 8.00. The van der Waals surface area contributed by atoms with Gasteiger partial charge in [0.25, 0.3) is 0 Å². The SMILES string of the molecule is CCC1(CC)CN2C(c3[nH]c4ccccc4c31)C1NCSC13c1ccccc1NC23. The summed E-state index contributed by atoms with van der Waals surface area (Å²) in [6, 6.07) is 18.7. The Kier molecular flexibility index (Phi) is 3.45. The van der Waals surface area contributed by atoms with Crippen molar-refractivity contribution in [2.24, 2.45) is 0 Å². The van der Waals surface area contributed by atoms with E-state index in [9.17, 15) is 0 Å². The first-order valence-corrected chi connectivity index (χ1v) is 12.3. The highest BCUT2D eigenvalue weighted by Gasteiger charge is 2.69.